The molecule has 0 aliphatic carbocycles. The molecular formula is C21H25N3O3S. The number of methoxy groups -OCH3 is 2. The van der Waals surface area contributed by atoms with Crippen molar-refractivity contribution >= 4 is 32.6 Å². The highest BCUT2D eigenvalue weighted by Crippen LogP contribution is 2.40. The Morgan fingerprint density at radius 2 is 1.79 bits per heavy atom. The van der Waals surface area contributed by atoms with Gasteiger partial charge in [0.05, 0.1) is 14.2 Å². The van der Waals surface area contributed by atoms with Crippen molar-refractivity contribution in [2.24, 2.45) is 0 Å². The Morgan fingerprint density at radius 1 is 1.07 bits per heavy atom. The molecule has 6 nitrogen and oxygen atoms in total. The topological polar surface area (TPSA) is 54.9 Å². The van der Waals surface area contributed by atoms with Crippen LogP contribution >= 0.6 is 11.3 Å². The molecule has 0 saturated carbocycles. The number of ether oxygens (including phenoxy) is 2. The quantitative estimate of drug-likeness (QED) is 0.604. The number of aromatic nitrogens is 1. The lowest BCUT2D eigenvalue weighted by atomic mass is 10.1. The predicted molar refractivity (Wildman–Crippen MR) is 114 cm³/mol. The van der Waals surface area contributed by atoms with Gasteiger partial charge in [-0.1, -0.05) is 29.0 Å². The number of thiazole rings is 1. The Kier molecular flexibility index (Phi) is 6.16. The van der Waals surface area contributed by atoms with E-state index in [1.54, 1.807) is 19.1 Å². The standard InChI is InChI=1S/C21H25N3O3S/c1-14-7-6-8-15(13-14)20(25)24(12-11-23(2)3)21-22-18-16(26-4)9-10-17(27-5)19(18)28-21/h6-10,13H,11-12H2,1-5H3. The third kappa shape index (κ3) is 4.10. The molecule has 148 valence electrons. The Balaban J connectivity index is 2.08. The van der Waals surface area contributed by atoms with E-state index in [1.807, 2.05) is 62.3 Å². The van der Waals surface area contributed by atoms with Crippen LogP contribution in [-0.2, 0) is 0 Å². The van der Waals surface area contributed by atoms with Gasteiger partial charge in [0.25, 0.3) is 5.91 Å². The van der Waals surface area contributed by atoms with E-state index in [1.165, 1.54) is 11.3 Å². The number of nitrogens with zero attached hydrogens (tertiary/aromatic N) is 3. The average molecular weight is 400 g/mol. The van der Waals surface area contributed by atoms with E-state index in [9.17, 15) is 4.79 Å². The lowest BCUT2D eigenvalue weighted by molar-refractivity contribution is 0.0985. The molecule has 0 saturated heterocycles. The van der Waals surface area contributed by atoms with Crippen LogP contribution in [0.15, 0.2) is 36.4 Å². The molecule has 0 atom stereocenters. The molecule has 0 fully saturated rings. The van der Waals surface area contributed by atoms with Crippen LogP contribution in [0.3, 0.4) is 0 Å². The van der Waals surface area contributed by atoms with Gasteiger partial charge in [-0.2, -0.15) is 0 Å². The number of aryl methyl sites for hydroxylation is 1. The van der Waals surface area contributed by atoms with E-state index in [2.05, 4.69) is 0 Å². The molecular weight excluding hydrogens is 374 g/mol. The van der Waals surface area contributed by atoms with E-state index in [0.29, 0.717) is 28.5 Å². The monoisotopic (exact) mass is 399 g/mol. The molecule has 1 amide bonds. The summed E-state index contributed by atoms with van der Waals surface area (Å²) in [4.78, 5) is 21.8. The fourth-order valence-corrected chi connectivity index (χ4v) is 4.01. The summed E-state index contributed by atoms with van der Waals surface area (Å²) < 4.78 is 11.8. The van der Waals surface area contributed by atoms with Crippen LogP contribution < -0.4 is 14.4 Å². The van der Waals surface area contributed by atoms with Crippen LogP contribution in [0.25, 0.3) is 10.2 Å². The van der Waals surface area contributed by atoms with Gasteiger partial charge in [-0.3, -0.25) is 9.69 Å². The summed E-state index contributed by atoms with van der Waals surface area (Å²) >= 11 is 1.44. The molecule has 0 radical (unpaired) electrons. The predicted octanol–water partition coefficient (Wildman–Crippen LogP) is 3.83. The molecule has 0 aliphatic rings. The van der Waals surface area contributed by atoms with Gasteiger partial charge in [0.15, 0.2) is 5.13 Å². The summed E-state index contributed by atoms with van der Waals surface area (Å²) in [5.41, 5.74) is 2.40. The van der Waals surface area contributed by atoms with Gasteiger partial charge in [-0.25, -0.2) is 4.98 Å². The van der Waals surface area contributed by atoms with E-state index in [-0.39, 0.29) is 5.91 Å². The van der Waals surface area contributed by atoms with Crippen LogP contribution in [0.4, 0.5) is 5.13 Å². The van der Waals surface area contributed by atoms with Crippen molar-refractivity contribution in [2.45, 2.75) is 6.92 Å². The molecule has 1 aromatic heterocycles. The maximum absolute atomic E-state index is 13.3. The zero-order valence-electron chi connectivity index (χ0n) is 16.9. The van der Waals surface area contributed by atoms with E-state index in [4.69, 9.17) is 14.5 Å². The van der Waals surface area contributed by atoms with Crippen LogP contribution in [-0.4, -0.2) is 57.2 Å². The van der Waals surface area contributed by atoms with Crippen molar-refractivity contribution in [2.75, 3.05) is 46.3 Å². The third-order valence-corrected chi connectivity index (χ3v) is 5.50. The Bertz CT molecular complexity index is 943. The maximum Gasteiger partial charge on any atom is 0.260 e. The van der Waals surface area contributed by atoms with E-state index in [0.717, 1.165) is 22.6 Å². The van der Waals surface area contributed by atoms with Gasteiger partial charge >= 0.3 is 0 Å². The fraction of sp³-hybridized carbons (Fsp3) is 0.333. The summed E-state index contributed by atoms with van der Waals surface area (Å²) in [6.07, 6.45) is 0. The number of likely N-dealkylation sites (N-methyl/N-ethyl adjacent to an activating group) is 1. The molecule has 0 bridgehead atoms. The minimum absolute atomic E-state index is 0.0671. The second kappa shape index (κ2) is 8.58. The number of benzene rings is 2. The van der Waals surface area contributed by atoms with E-state index < -0.39 is 0 Å². The lowest BCUT2D eigenvalue weighted by Crippen LogP contribution is -2.36. The third-order valence-electron chi connectivity index (χ3n) is 4.41. The zero-order chi connectivity index (χ0) is 20.3. The van der Waals surface area contributed by atoms with Gasteiger partial charge in [0, 0.05) is 18.7 Å². The fourth-order valence-electron chi connectivity index (χ4n) is 2.91. The second-order valence-electron chi connectivity index (χ2n) is 6.77. The van der Waals surface area contributed by atoms with Crippen molar-refractivity contribution in [1.82, 2.24) is 9.88 Å². The molecule has 3 aromatic rings. The van der Waals surface area contributed by atoms with Gasteiger partial charge < -0.3 is 14.4 Å². The number of hydrogen-bond donors (Lipinski definition) is 0. The van der Waals surface area contributed by atoms with E-state index >= 15 is 0 Å². The first-order chi connectivity index (χ1) is 13.4. The number of rotatable bonds is 7. The molecule has 0 N–H and O–H groups in total. The zero-order valence-corrected chi connectivity index (χ0v) is 17.7. The second-order valence-corrected chi connectivity index (χ2v) is 7.75. The smallest absolute Gasteiger partial charge is 0.260 e. The molecule has 3 rings (SSSR count). The number of amides is 1. The van der Waals surface area contributed by atoms with Crippen LogP contribution in [0.1, 0.15) is 15.9 Å². The number of hydrogen-bond acceptors (Lipinski definition) is 6. The number of carbonyl (C=O) groups is 1. The highest BCUT2D eigenvalue weighted by Gasteiger charge is 2.23. The van der Waals surface area contributed by atoms with Crippen molar-refractivity contribution in [1.29, 1.82) is 0 Å². The van der Waals surface area contributed by atoms with Crippen molar-refractivity contribution in [3.63, 3.8) is 0 Å². The van der Waals surface area contributed by atoms with Gasteiger partial charge in [-0.15, -0.1) is 0 Å². The summed E-state index contributed by atoms with van der Waals surface area (Å²) in [5.74, 6) is 1.31. The first-order valence-corrected chi connectivity index (χ1v) is 9.81. The van der Waals surface area contributed by atoms with Crippen LogP contribution in [0, 0.1) is 6.92 Å². The normalized spacial score (nSPS) is 11.1. The van der Waals surface area contributed by atoms with Crippen molar-refractivity contribution in [3.05, 3.63) is 47.5 Å². The van der Waals surface area contributed by atoms with Gasteiger partial charge in [0.2, 0.25) is 0 Å². The first-order valence-electron chi connectivity index (χ1n) is 8.99. The summed E-state index contributed by atoms with van der Waals surface area (Å²) in [6, 6.07) is 11.3. The highest BCUT2D eigenvalue weighted by atomic mass is 32.1. The molecule has 2 aromatic carbocycles. The molecule has 0 unspecified atom stereocenters. The minimum atomic E-state index is -0.0671. The number of anilines is 1. The molecule has 28 heavy (non-hydrogen) atoms. The first kappa shape index (κ1) is 20.1. The number of fused-ring (bicyclic) bond motifs is 1. The van der Waals surface area contributed by atoms with Gasteiger partial charge in [0.1, 0.15) is 21.7 Å². The summed E-state index contributed by atoms with van der Waals surface area (Å²) in [7, 11) is 7.21. The minimum Gasteiger partial charge on any atom is -0.495 e. The Morgan fingerprint density at radius 3 is 2.43 bits per heavy atom. The Hall–Kier alpha value is -2.64. The summed E-state index contributed by atoms with van der Waals surface area (Å²) in [6.45, 7) is 3.24. The van der Waals surface area contributed by atoms with Crippen molar-refractivity contribution in [3.8, 4) is 11.5 Å². The highest BCUT2D eigenvalue weighted by molar-refractivity contribution is 7.22. The maximum atomic E-state index is 13.3. The Labute approximate surface area is 169 Å². The van der Waals surface area contributed by atoms with Crippen LogP contribution in [0.2, 0.25) is 0 Å². The SMILES string of the molecule is COc1ccc(OC)c2sc(N(CCN(C)C)C(=O)c3cccc(C)c3)nc12. The lowest BCUT2D eigenvalue weighted by Gasteiger charge is -2.22. The summed E-state index contributed by atoms with van der Waals surface area (Å²) in [5, 5.41) is 0.631. The molecule has 0 spiro atoms. The van der Waals surface area contributed by atoms with Crippen molar-refractivity contribution < 1.29 is 14.3 Å². The average Bonchev–Trinajstić information content (AvgIpc) is 3.12. The largest absolute Gasteiger partial charge is 0.495 e. The molecule has 0 aliphatic heterocycles. The number of carbonyl (C=O) groups excluding carboxylic acids is 1. The van der Waals surface area contributed by atoms with Gasteiger partial charge in [-0.05, 0) is 45.3 Å². The van der Waals surface area contributed by atoms with Crippen LogP contribution in [0.5, 0.6) is 11.5 Å². The molecule has 1 heterocycles. The molecule has 7 heteroatoms.